The van der Waals surface area contributed by atoms with Crippen LogP contribution in [0.3, 0.4) is 0 Å². The Morgan fingerprint density at radius 1 is 1.44 bits per heavy atom. The van der Waals surface area contributed by atoms with E-state index in [1.54, 1.807) is 19.1 Å². The summed E-state index contributed by atoms with van der Waals surface area (Å²) in [5.41, 5.74) is 0.550. The molecule has 0 saturated heterocycles. The molecule has 0 bridgehead atoms. The Bertz CT molecular complexity index is 684. The lowest BCUT2D eigenvalue weighted by atomic mass is 10.2. The molecule has 2 rings (SSSR count). The van der Waals surface area contributed by atoms with Crippen molar-refractivity contribution in [3.05, 3.63) is 41.5 Å². The number of nitrogens with zero attached hydrogens (tertiary/aromatic N) is 2. The molecule has 0 saturated carbocycles. The first-order valence-corrected chi connectivity index (χ1v) is 6.65. The lowest BCUT2D eigenvalue weighted by Crippen LogP contribution is -2.30. The molecule has 0 fully saturated rings. The average molecular weight is 262 g/mol. The van der Waals surface area contributed by atoms with Crippen LogP contribution in [0, 0.1) is 11.3 Å². The first kappa shape index (κ1) is 12.3. The van der Waals surface area contributed by atoms with E-state index in [9.17, 15) is 13.2 Å². The van der Waals surface area contributed by atoms with Gasteiger partial charge in [0, 0.05) is 5.57 Å². The maximum atomic E-state index is 12.1. The summed E-state index contributed by atoms with van der Waals surface area (Å²) < 4.78 is 25.0. The van der Waals surface area contributed by atoms with Crippen LogP contribution in [-0.2, 0) is 10.0 Å². The minimum Gasteiger partial charge on any atom is -0.268 e. The molecule has 18 heavy (non-hydrogen) atoms. The van der Waals surface area contributed by atoms with E-state index in [1.807, 2.05) is 6.07 Å². The summed E-state index contributed by atoms with van der Waals surface area (Å²) in [6, 6.07) is 7.96. The molecular formula is C12H10N2O3S. The van der Waals surface area contributed by atoms with Crippen molar-refractivity contribution in [3.63, 3.8) is 0 Å². The van der Waals surface area contributed by atoms with E-state index in [4.69, 9.17) is 5.26 Å². The number of carbonyl (C=O) groups is 1. The van der Waals surface area contributed by atoms with Gasteiger partial charge in [-0.1, -0.05) is 18.2 Å². The summed E-state index contributed by atoms with van der Waals surface area (Å²) in [5.74, 6) is -0.549. The zero-order valence-electron chi connectivity index (χ0n) is 9.62. The molecule has 0 unspecified atom stereocenters. The van der Waals surface area contributed by atoms with Crippen molar-refractivity contribution in [2.24, 2.45) is 0 Å². The first-order valence-electron chi connectivity index (χ1n) is 5.21. The second kappa shape index (κ2) is 4.27. The van der Waals surface area contributed by atoms with E-state index < -0.39 is 15.9 Å². The van der Waals surface area contributed by atoms with Crippen molar-refractivity contribution in [2.75, 3.05) is 6.54 Å². The predicted octanol–water partition coefficient (Wildman–Crippen LogP) is 1.30. The van der Waals surface area contributed by atoms with Crippen molar-refractivity contribution < 1.29 is 13.2 Å². The number of benzene rings is 1. The summed E-state index contributed by atoms with van der Waals surface area (Å²) >= 11 is 0. The minimum atomic E-state index is -3.77. The van der Waals surface area contributed by atoms with Crippen LogP contribution in [0.25, 0.3) is 0 Å². The molecule has 1 aliphatic rings. The molecule has 1 amide bonds. The van der Waals surface area contributed by atoms with Crippen LogP contribution < -0.4 is 0 Å². The van der Waals surface area contributed by atoms with Crippen LogP contribution in [0.5, 0.6) is 0 Å². The van der Waals surface area contributed by atoms with Gasteiger partial charge < -0.3 is 0 Å². The Morgan fingerprint density at radius 3 is 2.72 bits per heavy atom. The van der Waals surface area contributed by atoms with E-state index in [1.165, 1.54) is 18.2 Å². The van der Waals surface area contributed by atoms with Gasteiger partial charge in [0.2, 0.25) is 0 Å². The minimum absolute atomic E-state index is 0.0259. The number of fused-ring (bicyclic) bond motifs is 1. The number of amides is 1. The molecule has 5 nitrogen and oxygen atoms in total. The molecule has 0 atom stereocenters. The Kier molecular flexibility index (Phi) is 2.93. The number of allylic oxidation sites excluding steroid dienone is 1. The highest BCUT2D eigenvalue weighted by Crippen LogP contribution is 2.29. The molecule has 0 radical (unpaired) electrons. The van der Waals surface area contributed by atoms with E-state index in [-0.39, 0.29) is 17.0 Å². The second-order valence-electron chi connectivity index (χ2n) is 3.84. The van der Waals surface area contributed by atoms with Crippen LogP contribution in [0.4, 0.5) is 0 Å². The van der Waals surface area contributed by atoms with Gasteiger partial charge >= 0.3 is 0 Å². The normalized spacial score (nSPS) is 17.4. The smallest absolute Gasteiger partial charge is 0.268 e. The lowest BCUT2D eigenvalue weighted by Gasteiger charge is -2.12. The summed E-state index contributed by atoms with van der Waals surface area (Å²) in [5, 5.41) is 8.61. The van der Waals surface area contributed by atoms with Crippen LogP contribution >= 0.6 is 0 Å². The highest BCUT2D eigenvalue weighted by molar-refractivity contribution is 7.90. The molecule has 1 heterocycles. The zero-order chi connectivity index (χ0) is 13.3. The molecule has 6 heteroatoms. The molecule has 0 aromatic heterocycles. The Hall–Kier alpha value is -2.13. The van der Waals surface area contributed by atoms with Crippen molar-refractivity contribution in [1.29, 1.82) is 5.26 Å². The highest BCUT2D eigenvalue weighted by Gasteiger charge is 2.39. The fourth-order valence-electron chi connectivity index (χ4n) is 1.68. The molecule has 0 aliphatic carbocycles. The van der Waals surface area contributed by atoms with Crippen molar-refractivity contribution in [2.45, 2.75) is 11.8 Å². The van der Waals surface area contributed by atoms with Gasteiger partial charge in [-0.05, 0) is 19.1 Å². The van der Waals surface area contributed by atoms with Crippen molar-refractivity contribution >= 4 is 15.9 Å². The number of hydrogen-bond acceptors (Lipinski definition) is 4. The van der Waals surface area contributed by atoms with Gasteiger partial charge in [-0.3, -0.25) is 4.79 Å². The monoisotopic (exact) mass is 262 g/mol. The van der Waals surface area contributed by atoms with Gasteiger partial charge in [0.15, 0.2) is 0 Å². The topological polar surface area (TPSA) is 78.2 Å². The summed E-state index contributed by atoms with van der Waals surface area (Å²) in [4.78, 5) is 12.0. The summed E-state index contributed by atoms with van der Waals surface area (Å²) in [6.45, 7) is 1.44. The molecule has 92 valence electrons. The highest BCUT2D eigenvalue weighted by atomic mass is 32.2. The average Bonchev–Trinajstić information content (AvgIpc) is 2.56. The standard InChI is InChI=1S/C12H10N2O3S/c1-9(8-13)6-7-14-12(15)10-4-2-3-5-11(10)18(14,16)17/h2-6H,7H2,1H3. The van der Waals surface area contributed by atoms with Crippen LogP contribution in [0.1, 0.15) is 17.3 Å². The van der Waals surface area contributed by atoms with Gasteiger partial charge in [0.1, 0.15) is 4.90 Å². The zero-order valence-corrected chi connectivity index (χ0v) is 10.4. The van der Waals surface area contributed by atoms with Gasteiger partial charge in [0.25, 0.3) is 15.9 Å². The van der Waals surface area contributed by atoms with E-state index in [0.717, 1.165) is 4.31 Å². The molecular weight excluding hydrogens is 252 g/mol. The number of hydrogen-bond donors (Lipinski definition) is 0. The molecule has 1 aromatic carbocycles. The summed E-state index contributed by atoms with van der Waals surface area (Å²) in [7, 11) is -3.77. The van der Waals surface area contributed by atoms with Crippen molar-refractivity contribution in [1.82, 2.24) is 4.31 Å². The number of carbonyl (C=O) groups excluding carboxylic acids is 1. The maximum Gasteiger partial charge on any atom is 0.269 e. The predicted molar refractivity (Wildman–Crippen MR) is 64.0 cm³/mol. The third kappa shape index (κ3) is 1.79. The van der Waals surface area contributed by atoms with E-state index in [2.05, 4.69) is 0 Å². The Balaban J connectivity index is 2.44. The fraction of sp³-hybridized carbons (Fsp3) is 0.167. The van der Waals surface area contributed by atoms with E-state index >= 15 is 0 Å². The maximum absolute atomic E-state index is 12.1. The van der Waals surface area contributed by atoms with Crippen LogP contribution in [0.2, 0.25) is 0 Å². The number of sulfonamides is 1. The second-order valence-corrected chi connectivity index (χ2v) is 5.67. The van der Waals surface area contributed by atoms with Crippen LogP contribution in [-0.4, -0.2) is 25.2 Å². The molecule has 1 aromatic rings. The Labute approximate surface area is 105 Å². The largest absolute Gasteiger partial charge is 0.269 e. The summed E-state index contributed by atoms with van der Waals surface area (Å²) in [6.07, 6.45) is 1.42. The third-order valence-corrected chi connectivity index (χ3v) is 4.46. The van der Waals surface area contributed by atoms with Gasteiger partial charge in [-0.15, -0.1) is 0 Å². The first-order chi connectivity index (χ1) is 8.48. The quantitative estimate of drug-likeness (QED) is 0.752. The Morgan fingerprint density at radius 2 is 2.11 bits per heavy atom. The SMILES string of the molecule is CC(C#N)=CCN1C(=O)c2ccccc2S1(=O)=O. The van der Waals surface area contributed by atoms with E-state index in [0.29, 0.717) is 5.57 Å². The molecule has 0 spiro atoms. The number of nitriles is 1. The lowest BCUT2D eigenvalue weighted by molar-refractivity contribution is 0.0880. The molecule has 0 N–H and O–H groups in total. The number of rotatable bonds is 2. The third-order valence-electron chi connectivity index (χ3n) is 2.65. The fourth-order valence-corrected chi connectivity index (χ4v) is 3.19. The molecule has 1 aliphatic heterocycles. The van der Waals surface area contributed by atoms with Crippen LogP contribution in [0.15, 0.2) is 40.8 Å². The van der Waals surface area contributed by atoms with Crippen molar-refractivity contribution in [3.8, 4) is 6.07 Å². The van der Waals surface area contributed by atoms with Gasteiger partial charge in [0.05, 0.1) is 18.2 Å². The van der Waals surface area contributed by atoms with Gasteiger partial charge in [-0.25, -0.2) is 12.7 Å². The van der Waals surface area contributed by atoms with Gasteiger partial charge in [-0.2, -0.15) is 5.26 Å².